The van der Waals surface area contributed by atoms with Gasteiger partial charge in [-0.3, -0.25) is 0 Å². The molecule has 1 N–H and O–H groups in total. The van der Waals surface area contributed by atoms with Gasteiger partial charge in [-0.25, -0.2) is 4.98 Å². The summed E-state index contributed by atoms with van der Waals surface area (Å²) in [5.41, 5.74) is 1.01. The number of fused-ring (bicyclic) bond motifs is 1. The van der Waals surface area contributed by atoms with E-state index in [9.17, 15) is 0 Å². The van der Waals surface area contributed by atoms with Gasteiger partial charge in [0.15, 0.2) is 0 Å². The largest absolute Gasteiger partial charge is 0.396 e. The lowest BCUT2D eigenvalue weighted by atomic mass is 10.2. The Hall–Kier alpha value is -1.06. The van der Waals surface area contributed by atoms with Crippen molar-refractivity contribution in [2.75, 3.05) is 12.4 Å². The Labute approximate surface area is 87.0 Å². The van der Waals surface area contributed by atoms with Crippen LogP contribution in [0, 0.1) is 0 Å². The Bertz CT molecular complexity index is 430. The highest BCUT2D eigenvalue weighted by Crippen LogP contribution is 2.19. The molecule has 0 radical (unpaired) electrons. The van der Waals surface area contributed by atoms with Crippen LogP contribution in [0.1, 0.15) is 0 Å². The van der Waals surface area contributed by atoms with Gasteiger partial charge < -0.3 is 5.11 Å². The van der Waals surface area contributed by atoms with Crippen LogP contribution >= 0.6 is 11.8 Å². The van der Waals surface area contributed by atoms with E-state index in [2.05, 4.69) is 11.1 Å². The Balaban J connectivity index is 2.32. The second-order valence-electron chi connectivity index (χ2n) is 2.91. The highest BCUT2D eigenvalue weighted by molar-refractivity contribution is 7.99. The number of thioether (sulfide) groups is 1. The zero-order valence-corrected chi connectivity index (χ0v) is 8.50. The molecule has 72 valence electrons. The number of pyridine rings is 1. The predicted octanol–water partition coefficient (Wildman–Crippen LogP) is 2.32. The van der Waals surface area contributed by atoms with Gasteiger partial charge in [0.2, 0.25) is 0 Å². The fraction of sp³-hybridized carbons (Fsp3) is 0.182. The second kappa shape index (κ2) is 4.44. The molecule has 2 nitrogen and oxygen atoms in total. The van der Waals surface area contributed by atoms with Gasteiger partial charge in [0.25, 0.3) is 0 Å². The summed E-state index contributed by atoms with van der Waals surface area (Å²) in [6.07, 6.45) is 0. The molecule has 0 saturated heterocycles. The first kappa shape index (κ1) is 9.49. The molecule has 0 fully saturated rings. The Morgan fingerprint density at radius 3 is 2.86 bits per heavy atom. The average Bonchev–Trinajstić information content (AvgIpc) is 2.26. The maximum atomic E-state index is 8.69. The van der Waals surface area contributed by atoms with Crippen molar-refractivity contribution in [2.24, 2.45) is 0 Å². The molecular formula is C11H11NOS. The third-order valence-corrected chi connectivity index (χ3v) is 2.82. The highest BCUT2D eigenvalue weighted by atomic mass is 32.2. The van der Waals surface area contributed by atoms with Gasteiger partial charge in [-0.05, 0) is 12.1 Å². The van der Waals surface area contributed by atoms with Crippen molar-refractivity contribution in [2.45, 2.75) is 5.03 Å². The monoisotopic (exact) mass is 205 g/mol. The number of hydrogen-bond acceptors (Lipinski definition) is 3. The number of aromatic nitrogens is 1. The number of rotatable bonds is 3. The van der Waals surface area contributed by atoms with Crippen LogP contribution in [0.15, 0.2) is 41.4 Å². The van der Waals surface area contributed by atoms with Crippen LogP contribution in [-0.2, 0) is 0 Å². The van der Waals surface area contributed by atoms with Crippen LogP contribution < -0.4 is 0 Å². The third-order valence-electron chi connectivity index (χ3n) is 1.91. The van der Waals surface area contributed by atoms with Gasteiger partial charge >= 0.3 is 0 Å². The topological polar surface area (TPSA) is 33.1 Å². The van der Waals surface area contributed by atoms with Crippen LogP contribution in [0.3, 0.4) is 0 Å². The van der Waals surface area contributed by atoms with Gasteiger partial charge in [-0.15, -0.1) is 11.8 Å². The molecule has 1 heterocycles. The summed E-state index contributed by atoms with van der Waals surface area (Å²) < 4.78 is 0. The van der Waals surface area contributed by atoms with Crippen LogP contribution in [0.25, 0.3) is 10.9 Å². The molecule has 0 aliphatic carbocycles. The van der Waals surface area contributed by atoms with Crippen molar-refractivity contribution >= 4 is 22.7 Å². The first-order chi connectivity index (χ1) is 6.90. The number of aliphatic hydroxyl groups is 1. The summed E-state index contributed by atoms with van der Waals surface area (Å²) in [7, 11) is 0. The second-order valence-corrected chi connectivity index (χ2v) is 4.03. The SMILES string of the molecule is OCCSc1ccc2ccccc2n1. The lowest BCUT2D eigenvalue weighted by Gasteiger charge is -2.00. The van der Waals surface area contributed by atoms with Crippen molar-refractivity contribution in [3.8, 4) is 0 Å². The molecule has 0 atom stereocenters. The number of benzene rings is 1. The maximum absolute atomic E-state index is 8.69. The van der Waals surface area contributed by atoms with Gasteiger partial charge in [-0.2, -0.15) is 0 Å². The van der Waals surface area contributed by atoms with E-state index < -0.39 is 0 Å². The van der Waals surface area contributed by atoms with E-state index in [0.29, 0.717) is 5.75 Å². The van der Waals surface area contributed by atoms with E-state index in [1.165, 1.54) is 0 Å². The summed E-state index contributed by atoms with van der Waals surface area (Å²) in [6.45, 7) is 0.194. The van der Waals surface area contributed by atoms with E-state index in [4.69, 9.17) is 5.11 Å². The summed E-state index contributed by atoms with van der Waals surface area (Å²) in [4.78, 5) is 4.46. The molecule has 0 amide bonds. The zero-order chi connectivity index (χ0) is 9.80. The zero-order valence-electron chi connectivity index (χ0n) is 7.68. The molecule has 0 saturated carbocycles. The third kappa shape index (κ3) is 2.05. The van der Waals surface area contributed by atoms with Gasteiger partial charge in [0.1, 0.15) is 0 Å². The first-order valence-corrected chi connectivity index (χ1v) is 5.48. The molecule has 0 spiro atoms. The standard InChI is InChI=1S/C11H11NOS/c13-7-8-14-11-6-5-9-3-1-2-4-10(9)12-11/h1-6,13H,7-8H2. The lowest BCUT2D eigenvalue weighted by Crippen LogP contribution is -1.88. The summed E-state index contributed by atoms with van der Waals surface area (Å²) in [5, 5.41) is 10.8. The Kier molecular flexibility index (Phi) is 3.01. The molecule has 0 bridgehead atoms. The molecule has 3 heteroatoms. The number of para-hydroxylation sites is 1. The summed E-state index contributed by atoms with van der Waals surface area (Å²) >= 11 is 1.57. The quantitative estimate of drug-likeness (QED) is 0.781. The van der Waals surface area contributed by atoms with Gasteiger partial charge in [0, 0.05) is 11.1 Å². The lowest BCUT2D eigenvalue weighted by molar-refractivity contribution is 0.322. The molecule has 0 aliphatic rings. The molecular weight excluding hydrogens is 194 g/mol. The summed E-state index contributed by atoms with van der Waals surface area (Å²) in [6, 6.07) is 12.1. The normalized spacial score (nSPS) is 10.6. The first-order valence-electron chi connectivity index (χ1n) is 4.49. The van der Waals surface area contributed by atoms with E-state index in [-0.39, 0.29) is 6.61 Å². The molecule has 0 unspecified atom stereocenters. The number of hydrogen-bond donors (Lipinski definition) is 1. The fourth-order valence-corrected chi connectivity index (χ4v) is 1.91. The highest BCUT2D eigenvalue weighted by Gasteiger charge is 1.97. The van der Waals surface area contributed by atoms with E-state index in [1.54, 1.807) is 11.8 Å². The van der Waals surface area contributed by atoms with Crippen LogP contribution in [0.2, 0.25) is 0 Å². The van der Waals surface area contributed by atoms with Crippen molar-refractivity contribution < 1.29 is 5.11 Å². The summed E-state index contributed by atoms with van der Waals surface area (Å²) in [5.74, 6) is 0.700. The molecule has 1 aromatic carbocycles. The smallest absolute Gasteiger partial charge is 0.0968 e. The van der Waals surface area contributed by atoms with E-state index in [0.717, 1.165) is 15.9 Å². The van der Waals surface area contributed by atoms with Gasteiger partial charge in [-0.1, -0.05) is 24.3 Å². The van der Waals surface area contributed by atoms with Crippen LogP contribution in [0.4, 0.5) is 0 Å². The number of nitrogens with zero attached hydrogens (tertiary/aromatic N) is 1. The molecule has 1 aromatic heterocycles. The molecule has 14 heavy (non-hydrogen) atoms. The fourth-order valence-electron chi connectivity index (χ4n) is 1.28. The van der Waals surface area contributed by atoms with Crippen molar-refractivity contribution in [1.29, 1.82) is 0 Å². The van der Waals surface area contributed by atoms with Crippen molar-refractivity contribution in [3.05, 3.63) is 36.4 Å². The van der Waals surface area contributed by atoms with Gasteiger partial charge in [0.05, 0.1) is 17.1 Å². The number of aliphatic hydroxyl groups excluding tert-OH is 1. The van der Waals surface area contributed by atoms with Crippen molar-refractivity contribution in [3.63, 3.8) is 0 Å². The minimum atomic E-state index is 0.194. The average molecular weight is 205 g/mol. The minimum absolute atomic E-state index is 0.194. The van der Waals surface area contributed by atoms with Crippen LogP contribution in [-0.4, -0.2) is 22.5 Å². The van der Waals surface area contributed by atoms with E-state index >= 15 is 0 Å². The maximum Gasteiger partial charge on any atom is 0.0968 e. The van der Waals surface area contributed by atoms with E-state index in [1.807, 2.05) is 30.3 Å². The molecule has 2 aromatic rings. The Morgan fingerprint density at radius 1 is 1.14 bits per heavy atom. The van der Waals surface area contributed by atoms with Crippen molar-refractivity contribution in [1.82, 2.24) is 4.98 Å². The van der Waals surface area contributed by atoms with Crippen LogP contribution in [0.5, 0.6) is 0 Å². The Morgan fingerprint density at radius 2 is 2.00 bits per heavy atom. The minimum Gasteiger partial charge on any atom is -0.396 e. The molecule has 2 rings (SSSR count). The predicted molar refractivity (Wildman–Crippen MR) is 59.6 cm³/mol. The molecule has 0 aliphatic heterocycles.